The molecular weight excluding hydrogens is 270 g/mol. The van der Waals surface area contributed by atoms with Crippen LogP contribution in [-0.2, 0) is 11.2 Å². The number of amides is 1. The van der Waals surface area contributed by atoms with Gasteiger partial charge in [-0.2, -0.15) is 0 Å². The highest BCUT2D eigenvalue weighted by Gasteiger charge is 2.22. The van der Waals surface area contributed by atoms with E-state index in [1.54, 1.807) is 36.4 Å². The average Bonchev–Trinajstić information content (AvgIpc) is 2.48. The van der Waals surface area contributed by atoms with E-state index in [0.29, 0.717) is 0 Å². The number of hydrogen-bond acceptors (Lipinski definition) is 3. The number of carbonyl (C=O) groups is 2. The molecule has 1 amide bonds. The molecule has 0 saturated heterocycles. The third-order valence-electron chi connectivity index (χ3n) is 3.03. The smallest absolute Gasteiger partial charge is 0.326 e. The molecule has 108 valence electrons. The number of carboxylic acids is 1. The Labute approximate surface area is 121 Å². The molecule has 2 aromatic rings. The number of hydrogen-bond donors (Lipinski definition) is 3. The van der Waals surface area contributed by atoms with E-state index < -0.39 is 17.9 Å². The number of aromatic hydroxyl groups is 1. The summed E-state index contributed by atoms with van der Waals surface area (Å²) in [5.41, 5.74) is 0.860. The quantitative estimate of drug-likeness (QED) is 0.782. The fourth-order valence-electron chi connectivity index (χ4n) is 1.95. The van der Waals surface area contributed by atoms with E-state index in [4.69, 9.17) is 0 Å². The lowest BCUT2D eigenvalue weighted by atomic mass is 10.1. The number of para-hydroxylation sites is 1. The minimum absolute atomic E-state index is 0.0526. The highest BCUT2D eigenvalue weighted by atomic mass is 16.4. The fraction of sp³-hybridized carbons (Fsp3) is 0.125. The first-order valence-electron chi connectivity index (χ1n) is 6.43. The SMILES string of the molecule is O=C(N[C@H](Cc1ccccc1)C(=O)O)c1ccccc1O. The van der Waals surface area contributed by atoms with Gasteiger partial charge >= 0.3 is 5.97 Å². The van der Waals surface area contributed by atoms with Crippen molar-refractivity contribution in [1.29, 1.82) is 0 Å². The number of phenolic OH excluding ortho intramolecular Hbond substituents is 1. The van der Waals surface area contributed by atoms with Crippen molar-refractivity contribution in [2.24, 2.45) is 0 Å². The predicted octanol–water partition coefficient (Wildman–Crippen LogP) is 1.82. The maximum atomic E-state index is 12.0. The van der Waals surface area contributed by atoms with E-state index in [9.17, 15) is 19.8 Å². The van der Waals surface area contributed by atoms with Gasteiger partial charge in [0, 0.05) is 6.42 Å². The summed E-state index contributed by atoms with van der Waals surface area (Å²) >= 11 is 0. The third-order valence-corrected chi connectivity index (χ3v) is 3.03. The van der Waals surface area contributed by atoms with Crippen LogP contribution in [0.2, 0.25) is 0 Å². The van der Waals surface area contributed by atoms with E-state index in [-0.39, 0.29) is 17.7 Å². The lowest BCUT2D eigenvalue weighted by molar-refractivity contribution is -0.139. The van der Waals surface area contributed by atoms with Crippen molar-refractivity contribution in [1.82, 2.24) is 5.32 Å². The molecule has 2 aromatic carbocycles. The van der Waals surface area contributed by atoms with Gasteiger partial charge in [-0.05, 0) is 17.7 Å². The normalized spacial score (nSPS) is 11.6. The minimum Gasteiger partial charge on any atom is -0.507 e. The van der Waals surface area contributed by atoms with Gasteiger partial charge in [0.25, 0.3) is 5.91 Å². The molecule has 0 aliphatic rings. The Morgan fingerprint density at radius 2 is 1.62 bits per heavy atom. The number of rotatable bonds is 5. The van der Waals surface area contributed by atoms with Gasteiger partial charge in [-0.3, -0.25) is 4.79 Å². The number of aliphatic carboxylic acids is 1. The van der Waals surface area contributed by atoms with Crippen molar-refractivity contribution in [2.75, 3.05) is 0 Å². The number of phenols is 1. The number of carboxylic acid groups (broad SMARTS) is 1. The molecule has 0 saturated carbocycles. The van der Waals surface area contributed by atoms with E-state index in [2.05, 4.69) is 5.32 Å². The maximum absolute atomic E-state index is 12.0. The number of benzene rings is 2. The van der Waals surface area contributed by atoms with Crippen LogP contribution in [0.25, 0.3) is 0 Å². The van der Waals surface area contributed by atoms with Crippen LogP contribution in [-0.4, -0.2) is 28.1 Å². The van der Waals surface area contributed by atoms with Crippen molar-refractivity contribution < 1.29 is 19.8 Å². The molecule has 0 heterocycles. The molecule has 0 unspecified atom stereocenters. The lowest BCUT2D eigenvalue weighted by Crippen LogP contribution is -2.42. The minimum atomic E-state index is -1.12. The molecule has 5 heteroatoms. The second-order valence-corrected chi connectivity index (χ2v) is 4.57. The summed E-state index contributed by atoms with van der Waals surface area (Å²) < 4.78 is 0. The monoisotopic (exact) mass is 285 g/mol. The van der Waals surface area contributed by atoms with Crippen LogP contribution in [0.4, 0.5) is 0 Å². The number of carbonyl (C=O) groups excluding carboxylic acids is 1. The summed E-state index contributed by atoms with van der Waals surface area (Å²) in [5, 5.41) is 21.3. The Morgan fingerprint density at radius 3 is 2.24 bits per heavy atom. The molecule has 0 bridgehead atoms. The Hall–Kier alpha value is -2.82. The Morgan fingerprint density at radius 1 is 1.00 bits per heavy atom. The zero-order valence-electron chi connectivity index (χ0n) is 11.2. The van der Waals surface area contributed by atoms with E-state index in [1.807, 2.05) is 6.07 Å². The summed E-state index contributed by atoms with van der Waals surface area (Å²) in [6.07, 6.45) is 0.176. The average molecular weight is 285 g/mol. The molecule has 0 aromatic heterocycles. The molecule has 0 aliphatic carbocycles. The first-order chi connectivity index (χ1) is 10.1. The van der Waals surface area contributed by atoms with Gasteiger partial charge in [0.05, 0.1) is 5.56 Å². The fourth-order valence-corrected chi connectivity index (χ4v) is 1.95. The topological polar surface area (TPSA) is 86.6 Å². The second-order valence-electron chi connectivity index (χ2n) is 4.57. The van der Waals surface area contributed by atoms with E-state index >= 15 is 0 Å². The predicted molar refractivity (Wildman–Crippen MR) is 77.1 cm³/mol. The van der Waals surface area contributed by atoms with Gasteiger partial charge in [-0.1, -0.05) is 42.5 Å². The van der Waals surface area contributed by atoms with Crippen molar-refractivity contribution in [2.45, 2.75) is 12.5 Å². The summed E-state index contributed by atoms with van der Waals surface area (Å²) in [4.78, 5) is 23.3. The van der Waals surface area contributed by atoms with Gasteiger partial charge in [-0.15, -0.1) is 0 Å². The van der Waals surface area contributed by atoms with Crippen LogP contribution >= 0.6 is 0 Å². The standard InChI is InChI=1S/C16H15NO4/c18-14-9-5-4-8-12(14)15(19)17-13(16(20)21)10-11-6-2-1-3-7-11/h1-9,13,18H,10H2,(H,17,19)(H,20,21)/t13-/m1/s1. The maximum Gasteiger partial charge on any atom is 0.326 e. The summed E-state index contributed by atoms with van der Waals surface area (Å²) in [5.74, 6) is -1.92. The highest BCUT2D eigenvalue weighted by molar-refractivity contribution is 5.98. The summed E-state index contributed by atoms with van der Waals surface area (Å²) in [7, 11) is 0. The Kier molecular flexibility index (Phi) is 4.56. The molecular formula is C16H15NO4. The van der Waals surface area contributed by atoms with Crippen molar-refractivity contribution in [3.05, 3.63) is 65.7 Å². The second kappa shape index (κ2) is 6.56. The Balaban J connectivity index is 2.12. The van der Waals surface area contributed by atoms with E-state index in [1.165, 1.54) is 12.1 Å². The molecule has 0 radical (unpaired) electrons. The third kappa shape index (κ3) is 3.82. The first-order valence-corrected chi connectivity index (χ1v) is 6.43. The van der Waals surface area contributed by atoms with Crippen LogP contribution in [0, 0.1) is 0 Å². The highest BCUT2D eigenvalue weighted by Crippen LogP contribution is 2.15. The molecule has 0 spiro atoms. The zero-order chi connectivity index (χ0) is 15.2. The van der Waals surface area contributed by atoms with Crippen LogP contribution in [0.15, 0.2) is 54.6 Å². The van der Waals surface area contributed by atoms with Gasteiger partial charge in [0.15, 0.2) is 0 Å². The number of nitrogens with one attached hydrogen (secondary N) is 1. The molecule has 0 fully saturated rings. The molecule has 21 heavy (non-hydrogen) atoms. The summed E-state index contributed by atoms with van der Waals surface area (Å²) in [6.45, 7) is 0. The van der Waals surface area contributed by atoms with Crippen LogP contribution < -0.4 is 5.32 Å². The van der Waals surface area contributed by atoms with Gasteiger partial charge in [-0.25, -0.2) is 4.79 Å². The van der Waals surface area contributed by atoms with Crippen LogP contribution in [0.5, 0.6) is 5.75 Å². The Bertz CT molecular complexity index is 640. The van der Waals surface area contributed by atoms with E-state index in [0.717, 1.165) is 5.56 Å². The molecule has 1 atom stereocenters. The lowest BCUT2D eigenvalue weighted by Gasteiger charge is -2.15. The molecule has 3 N–H and O–H groups in total. The van der Waals surface area contributed by atoms with Gasteiger partial charge < -0.3 is 15.5 Å². The molecule has 0 aliphatic heterocycles. The first kappa shape index (κ1) is 14.6. The van der Waals surface area contributed by atoms with Crippen LogP contribution in [0.1, 0.15) is 15.9 Å². The van der Waals surface area contributed by atoms with Crippen molar-refractivity contribution in [3.8, 4) is 5.75 Å². The summed E-state index contributed by atoms with van der Waals surface area (Å²) in [6, 6.07) is 14.0. The molecule has 5 nitrogen and oxygen atoms in total. The van der Waals surface area contributed by atoms with Crippen molar-refractivity contribution >= 4 is 11.9 Å². The van der Waals surface area contributed by atoms with Crippen molar-refractivity contribution in [3.63, 3.8) is 0 Å². The van der Waals surface area contributed by atoms with Gasteiger partial charge in [0.2, 0.25) is 0 Å². The zero-order valence-corrected chi connectivity index (χ0v) is 11.2. The molecule has 2 rings (SSSR count). The van der Waals surface area contributed by atoms with Crippen LogP contribution in [0.3, 0.4) is 0 Å². The largest absolute Gasteiger partial charge is 0.507 e. The van der Waals surface area contributed by atoms with Gasteiger partial charge in [0.1, 0.15) is 11.8 Å².